The molecule has 2 N–H and O–H groups in total. The quantitative estimate of drug-likeness (QED) is 0.773. The molecular formula is C19H27N3O3. The van der Waals surface area contributed by atoms with Crippen LogP contribution in [0.25, 0.3) is 0 Å². The van der Waals surface area contributed by atoms with Gasteiger partial charge in [0.05, 0.1) is 12.7 Å². The average Bonchev–Trinajstić information content (AvgIpc) is 3.38. The predicted octanol–water partition coefficient (Wildman–Crippen LogP) is 1.94. The predicted molar refractivity (Wildman–Crippen MR) is 95.6 cm³/mol. The lowest BCUT2D eigenvalue weighted by Crippen LogP contribution is -2.44. The molecule has 0 spiro atoms. The van der Waals surface area contributed by atoms with Gasteiger partial charge in [0.25, 0.3) is 0 Å². The first-order valence-corrected chi connectivity index (χ1v) is 9.04. The van der Waals surface area contributed by atoms with Crippen LogP contribution in [-0.4, -0.2) is 55.2 Å². The molecule has 3 rings (SSSR count). The van der Waals surface area contributed by atoms with E-state index < -0.39 is 0 Å². The minimum absolute atomic E-state index is 0.112. The molecule has 1 aromatic rings. The maximum Gasteiger partial charge on any atom is 0.337 e. The van der Waals surface area contributed by atoms with Crippen LogP contribution in [0.15, 0.2) is 24.3 Å². The number of nitrogens with zero attached hydrogens (tertiary/aromatic N) is 1. The van der Waals surface area contributed by atoms with Crippen LogP contribution in [0.5, 0.6) is 0 Å². The second-order valence-electron chi connectivity index (χ2n) is 7.05. The van der Waals surface area contributed by atoms with Gasteiger partial charge in [0, 0.05) is 31.2 Å². The third kappa shape index (κ3) is 4.72. The highest BCUT2D eigenvalue weighted by molar-refractivity contribution is 5.89. The molecule has 2 aliphatic rings. The molecule has 6 nitrogen and oxygen atoms in total. The van der Waals surface area contributed by atoms with Gasteiger partial charge in [0.15, 0.2) is 0 Å². The minimum Gasteiger partial charge on any atom is -0.465 e. The largest absolute Gasteiger partial charge is 0.465 e. The topological polar surface area (TPSA) is 70.7 Å². The number of rotatable bonds is 6. The van der Waals surface area contributed by atoms with Gasteiger partial charge in [0.2, 0.25) is 0 Å². The molecule has 0 aromatic heterocycles. The summed E-state index contributed by atoms with van der Waals surface area (Å²) in [7, 11) is 1.37. The van der Waals surface area contributed by atoms with Crippen LogP contribution in [0.3, 0.4) is 0 Å². The molecule has 6 heteroatoms. The van der Waals surface area contributed by atoms with Gasteiger partial charge in [-0.3, -0.25) is 4.90 Å². The van der Waals surface area contributed by atoms with E-state index in [0.717, 1.165) is 24.6 Å². The molecule has 2 amide bonds. The zero-order valence-electron chi connectivity index (χ0n) is 15.0. The van der Waals surface area contributed by atoms with E-state index >= 15 is 0 Å². The third-order valence-corrected chi connectivity index (χ3v) is 5.02. The van der Waals surface area contributed by atoms with Crippen molar-refractivity contribution in [1.82, 2.24) is 15.5 Å². The van der Waals surface area contributed by atoms with Crippen molar-refractivity contribution in [3.63, 3.8) is 0 Å². The van der Waals surface area contributed by atoms with Gasteiger partial charge in [-0.1, -0.05) is 12.1 Å². The van der Waals surface area contributed by atoms with Gasteiger partial charge in [-0.25, -0.2) is 9.59 Å². The number of hydrogen-bond acceptors (Lipinski definition) is 4. The van der Waals surface area contributed by atoms with Gasteiger partial charge < -0.3 is 15.4 Å². The first-order valence-electron chi connectivity index (χ1n) is 9.04. The summed E-state index contributed by atoms with van der Waals surface area (Å²) in [6, 6.07) is 8.72. The summed E-state index contributed by atoms with van der Waals surface area (Å²) in [5, 5.41) is 5.99. The molecular weight excluding hydrogens is 318 g/mol. The van der Waals surface area contributed by atoms with Crippen LogP contribution in [0.2, 0.25) is 0 Å². The van der Waals surface area contributed by atoms with Crippen LogP contribution in [0.1, 0.15) is 42.1 Å². The lowest BCUT2D eigenvalue weighted by Gasteiger charge is -2.19. The van der Waals surface area contributed by atoms with Crippen molar-refractivity contribution in [3.8, 4) is 0 Å². The molecule has 2 atom stereocenters. The van der Waals surface area contributed by atoms with Crippen LogP contribution >= 0.6 is 0 Å². The van der Waals surface area contributed by atoms with Crippen molar-refractivity contribution < 1.29 is 14.3 Å². The standard InChI is InChI=1S/C19H27N3O3/c1-13-10-16(12-22(13)17-6-7-17)21-19(24)20-9-8-14-4-3-5-15(11-14)18(23)25-2/h3-5,11,13,16-17H,6-10,12H2,1-2H3,(H2,20,21,24). The van der Waals surface area contributed by atoms with Crippen molar-refractivity contribution >= 4 is 12.0 Å². The molecule has 136 valence electrons. The Morgan fingerprint density at radius 2 is 2.12 bits per heavy atom. The Kier molecular flexibility index (Phi) is 5.58. The van der Waals surface area contributed by atoms with Crippen LogP contribution in [-0.2, 0) is 11.2 Å². The molecule has 0 bridgehead atoms. The number of urea groups is 1. The number of carbonyl (C=O) groups excluding carboxylic acids is 2. The molecule has 2 unspecified atom stereocenters. The van der Waals surface area contributed by atoms with E-state index in [1.165, 1.54) is 20.0 Å². The van der Waals surface area contributed by atoms with E-state index in [4.69, 9.17) is 4.74 Å². The smallest absolute Gasteiger partial charge is 0.337 e. The second kappa shape index (κ2) is 7.87. The molecule has 1 heterocycles. The van der Waals surface area contributed by atoms with Crippen molar-refractivity contribution in [3.05, 3.63) is 35.4 Å². The van der Waals surface area contributed by atoms with Crippen LogP contribution < -0.4 is 10.6 Å². The van der Waals surface area contributed by atoms with Crippen molar-refractivity contribution in [1.29, 1.82) is 0 Å². The van der Waals surface area contributed by atoms with Crippen molar-refractivity contribution in [2.24, 2.45) is 0 Å². The number of benzene rings is 1. The number of nitrogens with one attached hydrogen (secondary N) is 2. The number of carbonyl (C=O) groups is 2. The lowest BCUT2D eigenvalue weighted by molar-refractivity contribution is 0.0600. The Labute approximate surface area is 148 Å². The molecule has 1 aromatic carbocycles. The normalized spacial score (nSPS) is 23.3. The third-order valence-electron chi connectivity index (χ3n) is 5.02. The van der Waals surface area contributed by atoms with Gasteiger partial charge >= 0.3 is 12.0 Å². The van der Waals surface area contributed by atoms with E-state index in [1.54, 1.807) is 12.1 Å². The first-order chi connectivity index (χ1) is 12.1. The molecule has 1 saturated heterocycles. The zero-order chi connectivity index (χ0) is 17.8. The fourth-order valence-corrected chi connectivity index (χ4v) is 3.60. The Morgan fingerprint density at radius 3 is 2.84 bits per heavy atom. The lowest BCUT2D eigenvalue weighted by atomic mass is 10.1. The molecule has 1 saturated carbocycles. The Balaban J connectivity index is 1.40. The maximum absolute atomic E-state index is 12.1. The molecule has 0 radical (unpaired) electrons. The minimum atomic E-state index is -0.344. The number of hydrogen-bond donors (Lipinski definition) is 2. The van der Waals surface area contributed by atoms with E-state index in [-0.39, 0.29) is 18.0 Å². The Morgan fingerprint density at radius 1 is 1.32 bits per heavy atom. The van der Waals surface area contributed by atoms with E-state index in [2.05, 4.69) is 22.5 Å². The highest BCUT2D eigenvalue weighted by Gasteiger charge is 2.39. The van der Waals surface area contributed by atoms with Crippen LogP contribution in [0.4, 0.5) is 4.79 Å². The number of likely N-dealkylation sites (tertiary alicyclic amines) is 1. The summed E-state index contributed by atoms with van der Waals surface area (Å²) in [5.74, 6) is -0.344. The van der Waals surface area contributed by atoms with E-state index in [1.807, 2.05) is 12.1 Å². The molecule has 1 aliphatic heterocycles. The summed E-state index contributed by atoms with van der Waals surface area (Å²) >= 11 is 0. The SMILES string of the molecule is COC(=O)c1cccc(CCNC(=O)NC2CC(C)N(C3CC3)C2)c1. The summed E-state index contributed by atoms with van der Waals surface area (Å²) in [4.78, 5) is 26.2. The molecule has 2 fully saturated rings. The van der Waals surface area contributed by atoms with Gasteiger partial charge in [-0.2, -0.15) is 0 Å². The fraction of sp³-hybridized carbons (Fsp3) is 0.579. The number of ether oxygens (including phenoxy) is 1. The summed E-state index contributed by atoms with van der Waals surface area (Å²) in [6.45, 7) is 3.73. The van der Waals surface area contributed by atoms with E-state index in [9.17, 15) is 9.59 Å². The van der Waals surface area contributed by atoms with Gasteiger partial charge in [0.1, 0.15) is 0 Å². The average molecular weight is 345 g/mol. The fourth-order valence-electron chi connectivity index (χ4n) is 3.60. The number of amides is 2. The number of methoxy groups -OCH3 is 1. The van der Waals surface area contributed by atoms with E-state index in [0.29, 0.717) is 24.6 Å². The molecule has 25 heavy (non-hydrogen) atoms. The number of esters is 1. The Bertz CT molecular complexity index is 630. The molecule has 1 aliphatic carbocycles. The van der Waals surface area contributed by atoms with Gasteiger partial charge in [-0.15, -0.1) is 0 Å². The first kappa shape index (κ1) is 17.7. The zero-order valence-corrected chi connectivity index (χ0v) is 15.0. The van der Waals surface area contributed by atoms with Crippen molar-refractivity contribution in [2.75, 3.05) is 20.2 Å². The van der Waals surface area contributed by atoms with Gasteiger partial charge in [-0.05, 0) is 50.3 Å². The monoisotopic (exact) mass is 345 g/mol. The highest BCUT2D eigenvalue weighted by Crippen LogP contribution is 2.33. The summed E-state index contributed by atoms with van der Waals surface area (Å²) < 4.78 is 4.72. The highest BCUT2D eigenvalue weighted by atomic mass is 16.5. The summed E-state index contributed by atoms with van der Waals surface area (Å²) in [5.41, 5.74) is 1.53. The second-order valence-corrected chi connectivity index (χ2v) is 7.05. The maximum atomic E-state index is 12.1. The summed E-state index contributed by atoms with van der Waals surface area (Å²) in [6.07, 6.45) is 4.29. The Hall–Kier alpha value is -2.08. The van der Waals surface area contributed by atoms with Crippen LogP contribution in [0, 0.1) is 0 Å². The van der Waals surface area contributed by atoms with Crippen molar-refractivity contribution in [2.45, 2.75) is 50.7 Å².